The number of nitrogen functional groups attached to an aromatic ring is 4. The second kappa shape index (κ2) is 9.29. The number of hydrogen-bond acceptors (Lipinski definition) is 5. The van der Waals surface area contributed by atoms with Crippen LogP contribution in [0.1, 0.15) is 74.9 Å². The van der Waals surface area contributed by atoms with Crippen molar-refractivity contribution < 1.29 is 4.74 Å². The third-order valence-electron chi connectivity index (χ3n) is 6.03. The van der Waals surface area contributed by atoms with Crippen LogP contribution in [0, 0.1) is 0 Å². The van der Waals surface area contributed by atoms with E-state index in [0.29, 0.717) is 22.7 Å². The molecular weight excluding hydrogens is 360 g/mol. The molecule has 0 radical (unpaired) electrons. The van der Waals surface area contributed by atoms with Crippen molar-refractivity contribution >= 4 is 22.7 Å². The van der Waals surface area contributed by atoms with Gasteiger partial charge in [0, 0.05) is 22.3 Å². The first-order valence-electron chi connectivity index (χ1n) is 10.9. The molecule has 5 heteroatoms. The second-order valence-corrected chi connectivity index (χ2v) is 7.41. The van der Waals surface area contributed by atoms with Gasteiger partial charge in [-0.05, 0) is 49.7 Å². The fraction of sp³-hybridized carbons (Fsp3) is 0.500. The fourth-order valence-electron chi connectivity index (χ4n) is 4.46. The summed E-state index contributed by atoms with van der Waals surface area (Å²) in [6.07, 6.45) is 4.76. The molecule has 2 rings (SSSR count). The summed E-state index contributed by atoms with van der Waals surface area (Å²) >= 11 is 0. The quantitative estimate of drug-likeness (QED) is 0.457. The zero-order chi connectivity index (χ0) is 21.9. The van der Waals surface area contributed by atoms with Gasteiger partial charge in [0.1, 0.15) is 11.5 Å². The highest BCUT2D eigenvalue weighted by Crippen LogP contribution is 2.46. The molecule has 0 aliphatic heterocycles. The molecule has 0 atom stereocenters. The van der Waals surface area contributed by atoms with E-state index in [9.17, 15) is 0 Å². The van der Waals surface area contributed by atoms with Gasteiger partial charge in [0.05, 0.1) is 22.7 Å². The van der Waals surface area contributed by atoms with Crippen LogP contribution in [0.3, 0.4) is 0 Å². The Morgan fingerprint density at radius 3 is 0.897 bits per heavy atom. The van der Waals surface area contributed by atoms with E-state index in [1.807, 2.05) is 0 Å². The molecule has 0 spiro atoms. The molecule has 160 valence electrons. The van der Waals surface area contributed by atoms with Crippen LogP contribution in [0.15, 0.2) is 0 Å². The number of hydrogen-bond donors (Lipinski definition) is 4. The van der Waals surface area contributed by atoms with Gasteiger partial charge in [-0.2, -0.15) is 0 Å². The summed E-state index contributed by atoms with van der Waals surface area (Å²) < 4.78 is 6.75. The number of ether oxygens (including phenoxy) is 1. The molecule has 2 aromatic rings. The molecule has 5 nitrogen and oxygen atoms in total. The average Bonchev–Trinajstić information content (AvgIpc) is 2.72. The maximum Gasteiger partial charge on any atom is 0.136 e. The topological polar surface area (TPSA) is 113 Å². The number of anilines is 4. The van der Waals surface area contributed by atoms with Gasteiger partial charge in [-0.25, -0.2) is 0 Å². The van der Waals surface area contributed by atoms with Crippen LogP contribution in [0.5, 0.6) is 11.5 Å². The predicted octanol–water partition coefficient (Wildman–Crippen LogP) is 5.18. The third kappa shape index (κ3) is 3.70. The lowest BCUT2D eigenvalue weighted by molar-refractivity contribution is 0.459. The van der Waals surface area contributed by atoms with Crippen molar-refractivity contribution in [2.75, 3.05) is 22.9 Å². The summed E-state index contributed by atoms with van der Waals surface area (Å²) in [6.45, 7) is 12.6. The number of benzene rings is 2. The Bertz CT molecular complexity index is 830. The lowest BCUT2D eigenvalue weighted by atomic mass is 9.92. The highest BCUT2D eigenvalue weighted by molar-refractivity contribution is 5.80. The lowest BCUT2D eigenvalue weighted by Gasteiger charge is -2.26. The molecule has 29 heavy (non-hydrogen) atoms. The van der Waals surface area contributed by atoms with Gasteiger partial charge in [0.2, 0.25) is 0 Å². The first-order chi connectivity index (χ1) is 13.8. The zero-order valence-corrected chi connectivity index (χ0v) is 19.0. The molecule has 2 aromatic carbocycles. The zero-order valence-electron chi connectivity index (χ0n) is 19.0. The third-order valence-corrected chi connectivity index (χ3v) is 6.03. The predicted molar refractivity (Wildman–Crippen MR) is 127 cm³/mol. The normalized spacial score (nSPS) is 11.1. The van der Waals surface area contributed by atoms with Crippen LogP contribution in [0.25, 0.3) is 0 Å². The van der Waals surface area contributed by atoms with Crippen molar-refractivity contribution in [2.45, 2.75) is 80.1 Å². The van der Waals surface area contributed by atoms with Crippen molar-refractivity contribution in [3.63, 3.8) is 0 Å². The van der Waals surface area contributed by atoms with Crippen LogP contribution < -0.4 is 27.7 Å². The standard InChI is InChI=1S/C24H38N4O/c1-7-13-15(9-3)23(17(11-5)21(27)19(13)25)29-24-16(10-4)14(8-2)20(26)22(28)18(24)12-6/h7-12,25-28H2,1-6H3. The van der Waals surface area contributed by atoms with Gasteiger partial charge in [-0.1, -0.05) is 41.5 Å². The molecule has 0 fully saturated rings. The van der Waals surface area contributed by atoms with Crippen molar-refractivity contribution in [1.82, 2.24) is 0 Å². The molecule has 0 bridgehead atoms. The Labute approximate surface area is 175 Å². The maximum absolute atomic E-state index is 6.75. The Hall–Kier alpha value is -2.56. The number of rotatable bonds is 8. The van der Waals surface area contributed by atoms with Crippen molar-refractivity contribution in [3.8, 4) is 11.5 Å². The monoisotopic (exact) mass is 398 g/mol. The first-order valence-corrected chi connectivity index (χ1v) is 10.9. The molecule has 0 saturated carbocycles. The molecule has 0 aliphatic carbocycles. The van der Waals surface area contributed by atoms with E-state index in [-0.39, 0.29) is 0 Å². The van der Waals surface area contributed by atoms with Crippen molar-refractivity contribution in [1.29, 1.82) is 0 Å². The minimum atomic E-state index is 0.631. The lowest BCUT2D eigenvalue weighted by Crippen LogP contribution is -2.13. The van der Waals surface area contributed by atoms with E-state index in [2.05, 4.69) is 41.5 Å². The Kier molecular flexibility index (Phi) is 7.28. The summed E-state index contributed by atoms with van der Waals surface area (Å²) in [7, 11) is 0. The summed E-state index contributed by atoms with van der Waals surface area (Å²) in [5.74, 6) is 1.68. The van der Waals surface area contributed by atoms with E-state index in [1.54, 1.807) is 0 Å². The molecule has 0 amide bonds. The molecule has 0 saturated heterocycles. The minimum Gasteiger partial charge on any atom is -0.456 e. The summed E-state index contributed by atoms with van der Waals surface area (Å²) in [5.41, 5.74) is 34.7. The first kappa shape index (κ1) is 22.7. The van der Waals surface area contributed by atoms with Crippen LogP contribution in [0.4, 0.5) is 22.7 Å². The van der Waals surface area contributed by atoms with E-state index in [0.717, 1.165) is 83.4 Å². The minimum absolute atomic E-state index is 0.631. The Morgan fingerprint density at radius 1 is 0.414 bits per heavy atom. The van der Waals surface area contributed by atoms with Gasteiger partial charge >= 0.3 is 0 Å². The van der Waals surface area contributed by atoms with Crippen LogP contribution >= 0.6 is 0 Å². The second-order valence-electron chi connectivity index (χ2n) is 7.41. The molecule has 0 aromatic heterocycles. The van der Waals surface area contributed by atoms with E-state index >= 15 is 0 Å². The SMILES string of the molecule is CCc1c(N)c(N)c(CC)c(Oc2c(CC)c(N)c(N)c(CC)c2CC)c1CC. The van der Waals surface area contributed by atoms with Crippen LogP contribution in [0.2, 0.25) is 0 Å². The molecular formula is C24H38N4O. The molecule has 8 N–H and O–H groups in total. The van der Waals surface area contributed by atoms with Gasteiger partial charge in [-0.15, -0.1) is 0 Å². The van der Waals surface area contributed by atoms with Gasteiger partial charge < -0.3 is 27.7 Å². The molecule has 0 heterocycles. The Morgan fingerprint density at radius 2 is 0.655 bits per heavy atom. The van der Waals surface area contributed by atoms with E-state index in [4.69, 9.17) is 27.7 Å². The maximum atomic E-state index is 6.75. The summed E-state index contributed by atoms with van der Waals surface area (Å²) in [4.78, 5) is 0. The van der Waals surface area contributed by atoms with E-state index < -0.39 is 0 Å². The van der Waals surface area contributed by atoms with Crippen molar-refractivity contribution in [3.05, 3.63) is 33.4 Å². The summed E-state index contributed by atoms with van der Waals surface area (Å²) in [6, 6.07) is 0. The van der Waals surface area contributed by atoms with Crippen LogP contribution in [-0.4, -0.2) is 0 Å². The van der Waals surface area contributed by atoms with Gasteiger partial charge in [0.15, 0.2) is 0 Å². The van der Waals surface area contributed by atoms with Gasteiger partial charge in [-0.3, -0.25) is 0 Å². The smallest absolute Gasteiger partial charge is 0.136 e. The number of nitrogens with two attached hydrogens (primary N) is 4. The fourth-order valence-corrected chi connectivity index (χ4v) is 4.46. The average molecular weight is 399 g/mol. The van der Waals surface area contributed by atoms with Crippen molar-refractivity contribution in [2.24, 2.45) is 0 Å². The highest BCUT2D eigenvalue weighted by atomic mass is 16.5. The summed E-state index contributed by atoms with van der Waals surface area (Å²) in [5, 5.41) is 0. The van der Waals surface area contributed by atoms with E-state index in [1.165, 1.54) is 0 Å². The largest absolute Gasteiger partial charge is 0.456 e. The highest BCUT2D eigenvalue weighted by Gasteiger charge is 2.25. The van der Waals surface area contributed by atoms with Crippen LogP contribution in [-0.2, 0) is 38.5 Å². The Balaban J connectivity index is 2.90. The molecule has 0 unspecified atom stereocenters. The van der Waals surface area contributed by atoms with Gasteiger partial charge in [0.25, 0.3) is 0 Å². The molecule has 0 aliphatic rings.